The molecule has 3 heteroatoms. The number of hydrogen-bond acceptors (Lipinski definition) is 3. The van der Waals surface area contributed by atoms with E-state index in [1.807, 2.05) is 31.2 Å². The van der Waals surface area contributed by atoms with Gasteiger partial charge < -0.3 is 14.7 Å². The molecule has 1 heterocycles. The highest BCUT2D eigenvalue weighted by molar-refractivity contribution is 5.30. The molecule has 0 saturated carbocycles. The van der Waals surface area contributed by atoms with Gasteiger partial charge in [-0.25, -0.2) is 0 Å². The Morgan fingerprint density at radius 3 is 2.21 bits per heavy atom. The first-order valence-electron chi connectivity index (χ1n) is 7.21. The topological polar surface area (TPSA) is 32.7 Å². The van der Waals surface area contributed by atoms with E-state index in [9.17, 15) is 5.11 Å². The van der Waals surface area contributed by atoms with Crippen LogP contribution in [0.15, 0.2) is 24.3 Å². The molecule has 0 aromatic heterocycles. The molecular formula is C16H25NO2. The Kier molecular flexibility index (Phi) is 4.83. The third-order valence-corrected chi connectivity index (χ3v) is 3.94. The first kappa shape index (κ1) is 14.4. The van der Waals surface area contributed by atoms with Crippen LogP contribution in [-0.2, 0) is 5.60 Å². The highest BCUT2D eigenvalue weighted by Gasteiger charge is 2.26. The van der Waals surface area contributed by atoms with Crippen LogP contribution in [0, 0.1) is 0 Å². The van der Waals surface area contributed by atoms with Crippen LogP contribution in [0.1, 0.15) is 38.2 Å². The lowest BCUT2D eigenvalue weighted by Crippen LogP contribution is -2.39. The van der Waals surface area contributed by atoms with Crippen LogP contribution < -0.4 is 4.74 Å². The minimum absolute atomic E-state index is 0.708. The van der Waals surface area contributed by atoms with Gasteiger partial charge in [-0.1, -0.05) is 25.0 Å². The second-order valence-electron chi connectivity index (χ2n) is 5.69. The number of nitrogens with zero attached hydrogens (tertiary/aromatic N) is 1. The fourth-order valence-electron chi connectivity index (χ4n) is 2.77. The van der Waals surface area contributed by atoms with E-state index < -0.39 is 5.60 Å². The van der Waals surface area contributed by atoms with Gasteiger partial charge in [0.05, 0.1) is 12.7 Å². The summed E-state index contributed by atoms with van der Waals surface area (Å²) in [4.78, 5) is 2.39. The molecule has 0 bridgehead atoms. The Balaban J connectivity index is 2.02. The Morgan fingerprint density at radius 1 is 1.11 bits per heavy atom. The van der Waals surface area contributed by atoms with Gasteiger partial charge >= 0.3 is 0 Å². The molecule has 0 spiro atoms. The molecule has 1 unspecified atom stereocenters. The molecule has 0 radical (unpaired) electrons. The van der Waals surface area contributed by atoms with Crippen molar-refractivity contribution in [2.24, 2.45) is 0 Å². The fourth-order valence-corrected chi connectivity index (χ4v) is 2.77. The minimum atomic E-state index is -0.795. The molecule has 3 nitrogen and oxygen atoms in total. The second-order valence-corrected chi connectivity index (χ2v) is 5.69. The summed E-state index contributed by atoms with van der Waals surface area (Å²) < 4.78 is 5.16. The number of methoxy groups -OCH3 is 1. The number of hydrogen-bond donors (Lipinski definition) is 1. The molecule has 1 aromatic carbocycles. The Morgan fingerprint density at radius 2 is 1.68 bits per heavy atom. The zero-order chi connectivity index (χ0) is 13.7. The van der Waals surface area contributed by atoms with Crippen LogP contribution in [0.5, 0.6) is 5.75 Å². The average molecular weight is 263 g/mol. The van der Waals surface area contributed by atoms with E-state index in [-0.39, 0.29) is 0 Å². The maximum Gasteiger partial charge on any atom is 0.118 e. The lowest BCUT2D eigenvalue weighted by atomic mass is 9.95. The van der Waals surface area contributed by atoms with E-state index in [1.165, 1.54) is 25.7 Å². The van der Waals surface area contributed by atoms with Gasteiger partial charge in [-0.15, -0.1) is 0 Å². The van der Waals surface area contributed by atoms with Gasteiger partial charge in [0, 0.05) is 6.54 Å². The van der Waals surface area contributed by atoms with Crippen LogP contribution in [0.25, 0.3) is 0 Å². The molecular weight excluding hydrogens is 238 g/mol. The maximum atomic E-state index is 10.7. The number of ether oxygens (including phenoxy) is 1. The highest BCUT2D eigenvalue weighted by atomic mass is 16.5. The van der Waals surface area contributed by atoms with E-state index in [0.29, 0.717) is 6.54 Å². The Hall–Kier alpha value is -1.06. The van der Waals surface area contributed by atoms with Gasteiger partial charge in [-0.3, -0.25) is 0 Å². The lowest BCUT2D eigenvalue weighted by Gasteiger charge is -2.31. The standard InChI is InChI=1S/C16H25NO2/c1-16(18,13-17-11-5-3-4-6-12-17)14-7-9-15(19-2)10-8-14/h7-10,18H,3-6,11-13H2,1-2H3. The van der Waals surface area contributed by atoms with Gasteiger partial charge in [0.15, 0.2) is 0 Å². The number of benzene rings is 1. The van der Waals surface area contributed by atoms with Crippen molar-refractivity contribution in [2.75, 3.05) is 26.7 Å². The highest BCUT2D eigenvalue weighted by Crippen LogP contribution is 2.25. The summed E-state index contributed by atoms with van der Waals surface area (Å²) in [5, 5.41) is 10.7. The SMILES string of the molecule is COc1ccc(C(C)(O)CN2CCCCCC2)cc1. The summed E-state index contributed by atoms with van der Waals surface area (Å²) in [5.74, 6) is 0.828. The van der Waals surface area contributed by atoms with E-state index in [2.05, 4.69) is 4.90 Å². The summed E-state index contributed by atoms with van der Waals surface area (Å²) in [5.41, 5.74) is 0.161. The largest absolute Gasteiger partial charge is 0.497 e. The van der Waals surface area contributed by atoms with Crippen LogP contribution >= 0.6 is 0 Å². The lowest BCUT2D eigenvalue weighted by molar-refractivity contribution is 0.0168. The summed E-state index contributed by atoms with van der Waals surface area (Å²) in [6.07, 6.45) is 5.14. The molecule has 1 saturated heterocycles. The fraction of sp³-hybridized carbons (Fsp3) is 0.625. The van der Waals surface area contributed by atoms with Crippen molar-refractivity contribution in [3.63, 3.8) is 0 Å². The summed E-state index contributed by atoms with van der Waals surface area (Å²) in [7, 11) is 1.66. The monoisotopic (exact) mass is 263 g/mol. The van der Waals surface area contributed by atoms with Crippen LogP contribution in [-0.4, -0.2) is 36.8 Å². The zero-order valence-electron chi connectivity index (χ0n) is 12.1. The number of aliphatic hydroxyl groups is 1. The first-order chi connectivity index (χ1) is 9.12. The summed E-state index contributed by atoms with van der Waals surface area (Å²) >= 11 is 0. The van der Waals surface area contributed by atoms with E-state index in [1.54, 1.807) is 7.11 Å². The third-order valence-electron chi connectivity index (χ3n) is 3.94. The van der Waals surface area contributed by atoms with Crippen molar-refractivity contribution in [3.8, 4) is 5.75 Å². The minimum Gasteiger partial charge on any atom is -0.497 e. The molecule has 2 rings (SSSR count). The van der Waals surface area contributed by atoms with E-state index >= 15 is 0 Å². The first-order valence-corrected chi connectivity index (χ1v) is 7.21. The number of likely N-dealkylation sites (tertiary alicyclic amines) is 1. The number of β-amino-alcohol motifs (C(OH)–C–C–N with tert-alkyl or cyclic N) is 1. The molecule has 0 aliphatic carbocycles. The molecule has 1 atom stereocenters. The van der Waals surface area contributed by atoms with E-state index in [0.717, 1.165) is 24.4 Å². The normalized spacial score (nSPS) is 20.6. The summed E-state index contributed by atoms with van der Waals surface area (Å²) in [6.45, 7) is 4.82. The van der Waals surface area contributed by atoms with Crippen LogP contribution in [0.2, 0.25) is 0 Å². The summed E-state index contributed by atoms with van der Waals surface area (Å²) in [6, 6.07) is 7.73. The van der Waals surface area contributed by atoms with Gasteiger partial charge in [0.25, 0.3) is 0 Å². The average Bonchev–Trinajstić information content (AvgIpc) is 2.67. The third kappa shape index (κ3) is 3.95. The molecule has 19 heavy (non-hydrogen) atoms. The quantitative estimate of drug-likeness (QED) is 0.906. The van der Waals surface area contributed by atoms with Gasteiger partial charge in [0.1, 0.15) is 5.75 Å². The van der Waals surface area contributed by atoms with Crippen molar-refractivity contribution in [1.29, 1.82) is 0 Å². The van der Waals surface area contributed by atoms with Crippen LogP contribution in [0.3, 0.4) is 0 Å². The van der Waals surface area contributed by atoms with Crippen molar-refractivity contribution >= 4 is 0 Å². The van der Waals surface area contributed by atoms with Crippen molar-refractivity contribution in [1.82, 2.24) is 4.90 Å². The Labute approximate surface area is 116 Å². The smallest absolute Gasteiger partial charge is 0.118 e. The van der Waals surface area contributed by atoms with Crippen molar-refractivity contribution in [3.05, 3.63) is 29.8 Å². The molecule has 1 aromatic rings. The number of rotatable bonds is 4. The van der Waals surface area contributed by atoms with Crippen LogP contribution in [0.4, 0.5) is 0 Å². The van der Waals surface area contributed by atoms with E-state index in [4.69, 9.17) is 4.74 Å². The predicted molar refractivity (Wildman–Crippen MR) is 77.5 cm³/mol. The Bertz CT molecular complexity index is 378. The molecule has 1 aliphatic heterocycles. The van der Waals surface area contributed by atoms with Gasteiger partial charge in [-0.05, 0) is 50.6 Å². The molecule has 1 fully saturated rings. The zero-order valence-corrected chi connectivity index (χ0v) is 12.1. The maximum absolute atomic E-state index is 10.7. The molecule has 106 valence electrons. The van der Waals surface area contributed by atoms with Crippen molar-refractivity contribution in [2.45, 2.75) is 38.2 Å². The predicted octanol–water partition coefficient (Wildman–Crippen LogP) is 2.78. The molecule has 1 aliphatic rings. The van der Waals surface area contributed by atoms with Crippen molar-refractivity contribution < 1.29 is 9.84 Å². The molecule has 0 amide bonds. The second kappa shape index (κ2) is 6.40. The van der Waals surface area contributed by atoms with Gasteiger partial charge in [-0.2, -0.15) is 0 Å². The van der Waals surface area contributed by atoms with Gasteiger partial charge in [0.2, 0.25) is 0 Å². The molecule has 1 N–H and O–H groups in total.